The van der Waals surface area contributed by atoms with Crippen LogP contribution in [-0.2, 0) is 28.8 Å². The third-order valence-corrected chi connectivity index (χ3v) is 5.06. The van der Waals surface area contributed by atoms with Gasteiger partial charge in [-0.1, -0.05) is 30.3 Å². The van der Waals surface area contributed by atoms with Gasteiger partial charge in [-0.25, -0.2) is 0 Å². The summed E-state index contributed by atoms with van der Waals surface area (Å²) in [6, 6.07) is 13.8. The first-order valence-corrected chi connectivity index (χ1v) is 9.06. The molecule has 26 heavy (non-hydrogen) atoms. The number of rotatable bonds is 6. The molecule has 2 aromatic carbocycles. The molecule has 1 aliphatic carbocycles. The first-order valence-electron chi connectivity index (χ1n) is 9.06. The fraction of sp³-hybridized carbons (Fsp3) is 0.273. The number of benzene rings is 2. The van der Waals surface area contributed by atoms with Crippen molar-refractivity contribution in [1.29, 1.82) is 0 Å². The molecule has 0 spiro atoms. The third kappa shape index (κ3) is 3.40. The highest BCUT2D eigenvalue weighted by atomic mass is 16.5. The predicted octanol–water partition coefficient (Wildman–Crippen LogP) is 4.02. The highest BCUT2D eigenvalue weighted by molar-refractivity contribution is 5.98. The molecule has 0 radical (unpaired) electrons. The van der Waals surface area contributed by atoms with Crippen molar-refractivity contribution < 1.29 is 14.3 Å². The minimum Gasteiger partial charge on any atom is -0.457 e. The van der Waals surface area contributed by atoms with Crippen molar-refractivity contribution in [1.82, 2.24) is 4.98 Å². The minimum absolute atomic E-state index is 0.139. The van der Waals surface area contributed by atoms with Crippen LogP contribution in [0.3, 0.4) is 0 Å². The van der Waals surface area contributed by atoms with Crippen LogP contribution in [0.5, 0.6) is 0 Å². The van der Waals surface area contributed by atoms with Crippen LogP contribution in [0.4, 0.5) is 0 Å². The number of hydrogen-bond donors (Lipinski definition) is 1. The van der Waals surface area contributed by atoms with Crippen LogP contribution >= 0.6 is 0 Å². The molecule has 0 bridgehead atoms. The monoisotopic (exact) mass is 347 g/mol. The molecule has 0 amide bonds. The summed E-state index contributed by atoms with van der Waals surface area (Å²) in [6.07, 6.45) is 6.05. The van der Waals surface area contributed by atoms with Crippen LogP contribution in [-0.4, -0.2) is 23.3 Å². The molecule has 0 fully saturated rings. The quantitative estimate of drug-likeness (QED) is 0.541. The number of H-pyrrole nitrogens is 1. The minimum atomic E-state index is -0.343. The summed E-state index contributed by atoms with van der Waals surface area (Å²) in [7, 11) is 0. The molecule has 0 aliphatic heterocycles. The summed E-state index contributed by atoms with van der Waals surface area (Å²) in [5.41, 5.74) is 5.36. The number of Topliss-reactive ketones (excluding diaryl/α,β-unsaturated/α-hetero) is 1. The van der Waals surface area contributed by atoms with Gasteiger partial charge in [0.15, 0.2) is 12.4 Å². The lowest BCUT2D eigenvalue weighted by Gasteiger charge is -2.06. The van der Waals surface area contributed by atoms with Gasteiger partial charge in [0.05, 0.1) is 0 Å². The largest absolute Gasteiger partial charge is 0.457 e. The lowest BCUT2D eigenvalue weighted by Crippen LogP contribution is -2.14. The number of carbonyl (C=O) groups excluding carboxylic acids is 2. The van der Waals surface area contributed by atoms with E-state index in [1.807, 2.05) is 48.7 Å². The zero-order valence-electron chi connectivity index (χ0n) is 14.6. The second-order valence-corrected chi connectivity index (χ2v) is 6.78. The molecular weight excluding hydrogens is 326 g/mol. The average molecular weight is 347 g/mol. The number of aromatic nitrogens is 1. The first-order chi connectivity index (χ1) is 12.7. The maximum Gasteiger partial charge on any atom is 0.306 e. The molecule has 4 heteroatoms. The van der Waals surface area contributed by atoms with Crippen LogP contribution < -0.4 is 0 Å². The van der Waals surface area contributed by atoms with Gasteiger partial charge in [-0.2, -0.15) is 0 Å². The SMILES string of the molecule is O=C(CCc1c[nH]c2ccccc12)OCC(=O)c1ccc2c(c1)CCC2. The molecule has 0 atom stereocenters. The van der Waals surface area contributed by atoms with Crippen LogP contribution in [0.2, 0.25) is 0 Å². The Labute approximate surface area is 152 Å². The van der Waals surface area contributed by atoms with E-state index in [4.69, 9.17) is 4.74 Å². The van der Waals surface area contributed by atoms with Gasteiger partial charge >= 0.3 is 5.97 Å². The number of fused-ring (bicyclic) bond motifs is 2. The summed E-state index contributed by atoms with van der Waals surface area (Å²) in [4.78, 5) is 27.5. The lowest BCUT2D eigenvalue weighted by molar-refractivity contribution is -0.142. The molecule has 1 heterocycles. The Hall–Kier alpha value is -2.88. The first kappa shape index (κ1) is 16.6. The number of para-hydroxylation sites is 1. The van der Waals surface area contributed by atoms with Crippen molar-refractivity contribution in [2.45, 2.75) is 32.1 Å². The maximum atomic E-state index is 12.3. The van der Waals surface area contributed by atoms with Crippen LogP contribution in [0.25, 0.3) is 10.9 Å². The molecule has 0 unspecified atom stereocenters. The van der Waals surface area contributed by atoms with E-state index in [0.29, 0.717) is 12.0 Å². The number of ketones is 1. The van der Waals surface area contributed by atoms with Gasteiger partial charge in [0, 0.05) is 29.1 Å². The Morgan fingerprint density at radius 2 is 1.88 bits per heavy atom. The van der Waals surface area contributed by atoms with Crippen molar-refractivity contribution in [2.75, 3.05) is 6.61 Å². The third-order valence-electron chi connectivity index (χ3n) is 5.06. The fourth-order valence-electron chi connectivity index (χ4n) is 3.62. The Morgan fingerprint density at radius 1 is 1.04 bits per heavy atom. The van der Waals surface area contributed by atoms with E-state index >= 15 is 0 Å². The Bertz CT molecular complexity index is 970. The van der Waals surface area contributed by atoms with E-state index in [1.54, 1.807) is 0 Å². The van der Waals surface area contributed by atoms with Crippen LogP contribution in [0.15, 0.2) is 48.7 Å². The van der Waals surface area contributed by atoms with E-state index in [9.17, 15) is 9.59 Å². The second kappa shape index (κ2) is 7.16. The van der Waals surface area contributed by atoms with Gasteiger partial charge in [-0.3, -0.25) is 9.59 Å². The summed E-state index contributed by atoms with van der Waals surface area (Å²) in [5.74, 6) is -0.482. The zero-order chi connectivity index (χ0) is 17.9. The number of carbonyl (C=O) groups is 2. The van der Waals surface area contributed by atoms with Crippen molar-refractivity contribution >= 4 is 22.7 Å². The maximum absolute atomic E-state index is 12.3. The summed E-state index contributed by atoms with van der Waals surface area (Å²) >= 11 is 0. The van der Waals surface area contributed by atoms with Crippen molar-refractivity contribution in [3.8, 4) is 0 Å². The van der Waals surface area contributed by atoms with Gasteiger partial charge < -0.3 is 9.72 Å². The number of hydrogen-bond acceptors (Lipinski definition) is 3. The smallest absolute Gasteiger partial charge is 0.306 e. The molecule has 1 aromatic heterocycles. The number of aromatic amines is 1. The highest BCUT2D eigenvalue weighted by Crippen LogP contribution is 2.23. The van der Waals surface area contributed by atoms with E-state index in [-0.39, 0.29) is 24.8 Å². The van der Waals surface area contributed by atoms with Crippen molar-refractivity contribution in [2.24, 2.45) is 0 Å². The number of aryl methyl sites for hydroxylation is 3. The molecule has 0 saturated carbocycles. The second-order valence-electron chi connectivity index (χ2n) is 6.78. The Morgan fingerprint density at radius 3 is 2.81 bits per heavy atom. The standard InChI is InChI=1S/C22H21NO3/c24-21(17-9-8-15-4-3-5-16(15)12-17)14-26-22(25)11-10-18-13-23-20-7-2-1-6-19(18)20/h1-2,6-9,12-13,23H,3-5,10-11,14H2. The molecule has 1 aliphatic rings. The molecular formula is C22H21NO3. The Kier molecular flexibility index (Phi) is 4.57. The van der Waals surface area contributed by atoms with Gasteiger partial charge in [0.25, 0.3) is 0 Å². The van der Waals surface area contributed by atoms with Crippen molar-refractivity contribution in [3.05, 3.63) is 70.9 Å². The topological polar surface area (TPSA) is 59.2 Å². The molecule has 0 saturated heterocycles. The van der Waals surface area contributed by atoms with E-state index in [0.717, 1.165) is 35.7 Å². The number of esters is 1. The predicted molar refractivity (Wildman–Crippen MR) is 100 cm³/mol. The molecule has 1 N–H and O–H groups in total. The van der Waals surface area contributed by atoms with Gasteiger partial charge in [0.2, 0.25) is 0 Å². The average Bonchev–Trinajstić information content (AvgIpc) is 3.30. The molecule has 3 aromatic rings. The van der Waals surface area contributed by atoms with E-state index < -0.39 is 0 Å². The lowest BCUT2D eigenvalue weighted by atomic mass is 10.0. The Balaban J connectivity index is 1.30. The molecule has 4 rings (SSSR count). The van der Waals surface area contributed by atoms with Gasteiger partial charge in [-0.05, 0) is 54.5 Å². The van der Waals surface area contributed by atoms with Crippen molar-refractivity contribution in [3.63, 3.8) is 0 Å². The van der Waals surface area contributed by atoms with Crippen LogP contribution in [0, 0.1) is 0 Å². The summed E-state index contributed by atoms with van der Waals surface area (Å²) < 4.78 is 5.19. The number of nitrogens with one attached hydrogen (secondary N) is 1. The molecule has 132 valence electrons. The van der Waals surface area contributed by atoms with E-state index in [1.165, 1.54) is 11.1 Å². The van der Waals surface area contributed by atoms with Gasteiger partial charge in [0.1, 0.15) is 0 Å². The number of ether oxygens (including phenoxy) is 1. The zero-order valence-corrected chi connectivity index (χ0v) is 14.6. The fourth-order valence-corrected chi connectivity index (χ4v) is 3.62. The summed E-state index contributed by atoms with van der Waals surface area (Å²) in [5, 5.41) is 1.12. The van der Waals surface area contributed by atoms with Gasteiger partial charge in [-0.15, -0.1) is 0 Å². The van der Waals surface area contributed by atoms with E-state index in [2.05, 4.69) is 4.98 Å². The highest BCUT2D eigenvalue weighted by Gasteiger charge is 2.15. The normalized spacial score (nSPS) is 12.9. The summed E-state index contributed by atoms with van der Waals surface area (Å²) in [6.45, 7) is -0.189. The van der Waals surface area contributed by atoms with Crippen LogP contribution in [0.1, 0.15) is 39.9 Å². The molecule has 4 nitrogen and oxygen atoms in total.